The maximum atomic E-state index is 13.3. The molecule has 2 atom stereocenters. The van der Waals surface area contributed by atoms with Gasteiger partial charge in [-0.1, -0.05) is 32.5 Å². The Morgan fingerprint density at radius 1 is 1.00 bits per heavy atom. The summed E-state index contributed by atoms with van der Waals surface area (Å²) in [5.74, 6) is -1.41. The van der Waals surface area contributed by atoms with Gasteiger partial charge in [-0.2, -0.15) is 31.3 Å². The van der Waals surface area contributed by atoms with Crippen LogP contribution in [-0.4, -0.2) is 42.3 Å². The van der Waals surface area contributed by atoms with Crippen LogP contribution in [0.3, 0.4) is 0 Å². The highest BCUT2D eigenvalue weighted by molar-refractivity contribution is 8.16. The zero-order valence-electron chi connectivity index (χ0n) is 16.5. The summed E-state index contributed by atoms with van der Waals surface area (Å²) < 4.78 is 104. The van der Waals surface area contributed by atoms with Crippen molar-refractivity contribution < 1.29 is 39.6 Å². The van der Waals surface area contributed by atoms with E-state index in [0.717, 1.165) is 16.7 Å². The fourth-order valence-electron chi connectivity index (χ4n) is 3.20. The molecule has 2 aliphatic heterocycles. The third-order valence-electron chi connectivity index (χ3n) is 4.76. The van der Waals surface area contributed by atoms with Crippen molar-refractivity contribution >= 4 is 38.4 Å². The van der Waals surface area contributed by atoms with Gasteiger partial charge in [-0.15, -0.1) is 0 Å². The highest BCUT2D eigenvalue weighted by atomic mass is 32.2. The third-order valence-corrected chi connectivity index (χ3v) is 7.97. The van der Waals surface area contributed by atoms with Gasteiger partial charge < -0.3 is 4.90 Å². The Hall–Kier alpha value is -1.76. The molecule has 1 aromatic carbocycles. The molecule has 31 heavy (non-hydrogen) atoms. The van der Waals surface area contributed by atoms with E-state index in [-0.39, 0.29) is 17.0 Å². The number of hydrogen-bond acceptors (Lipinski definition) is 4. The number of amidine groups is 1. The molecule has 1 amide bonds. The first-order valence-electron chi connectivity index (χ1n) is 8.97. The number of thioether (sulfide) groups is 1. The molecule has 2 heterocycles. The normalized spacial score (nSPS) is 25.2. The van der Waals surface area contributed by atoms with Gasteiger partial charge in [-0.05, 0) is 18.2 Å². The van der Waals surface area contributed by atoms with Crippen LogP contribution in [0.15, 0.2) is 23.2 Å². The molecular weight excluding hydrogens is 470 g/mol. The molecule has 0 spiro atoms. The van der Waals surface area contributed by atoms with Gasteiger partial charge in [0.1, 0.15) is 0 Å². The number of aliphatic imine (C=N–C) groups is 1. The number of hydrogen-bond donors (Lipinski definition) is 0. The van der Waals surface area contributed by atoms with Crippen LogP contribution in [-0.2, 0) is 27.0 Å². The lowest BCUT2D eigenvalue weighted by molar-refractivity contribution is -0.143. The number of benzene rings is 1. The van der Waals surface area contributed by atoms with Crippen molar-refractivity contribution in [3.63, 3.8) is 0 Å². The van der Waals surface area contributed by atoms with E-state index in [1.807, 2.05) is 0 Å². The average molecular weight is 488 g/mol. The van der Waals surface area contributed by atoms with E-state index in [0.29, 0.717) is 12.1 Å². The number of rotatable bonds is 1. The predicted octanol–water partition coefficient (Wildman–Crippen LogP) is 4.37. The van der Waals surface area contributed by atoms with Crippen LogP contribution in [0.4, 0.5) is 32.0 Å². The Labute approximate surface area is 178 Å². The molecule has 1 aromatic rings. The second-order valence-corrected chi connectivity index (χ2v) is 11.7. The number of carbonyl (C=O) groups is 1. The molecule has 13 heteroatoms. The maximum Gasteiger partial charge on any atom is 0.416 e. The van der Waals surface area contributed by atoms with Crippen molar-refractivity contribution in [3.8, 4) is 0 Å². The molecule has 2 aliphatic rings. The van der Waals surface area contributed by atoms with Crippen molar-refractivity contribution in [1.29, 1.82) is 0 Å². The Balaban J connectivity index is 2.20. The molecular formula is C18H18F6N2O3S2. The van der Waals surface area contributed by atoms with Crippen molar-refractivity contribution in [2.24, 2.45) is 10.4 Å². The molecule has 0 aromatic heterocycles. The van der Waals surface area contributed by atoms with Crippen LogP contribution >= 0.6 is 11.8 Å². The van der Waals surface area contributed by atoms with Gasteiger partial charge >= 0.3 is 12.4 Å². The number of anilines is 1. The van der Waals surface area contributed by atoms with E-state index >= 15 is 0 Å². The summed E-state index contributed by atoms with van der Waals surface area (Å²) in [4.78, 5) is 17.3. The molecule has 0 saturated carbocycles. The van der Waals surface area contributed by atoms with Gasteiger partial charge in [0.15, 0.2) is 15.0 Å². The molecule has 3 rings (SSSR count). The van der Waals surface area contributed by atoms with Crippen LogP contribution in [0, 0.1) is 5.41 Å². The average Bonchev–Trinajstić information content (AvgIpc) is 3.02. The van der Waals surface area contributed by atoms with Crippen molar-refractivity contribution in [2.75, 3.05) is 16.4 Å². The van der Waals surface area contributed by atoms with E-state index in [2.05, 4.69) is 4.99 Å². The van der Waals surface area contributed by atoms with Gasteiger partial charge in [0.25, 0.3) is 5.91 Å². The van der Waals surface area contributed by atoms with Crippen LogP contribution < -0.4 is 4.90 Å². The maximum absolute atomic E-state index is 13.3. The van der Waals surface area contributed by atoms with Crippen molar-refractivity contribution in [2.45, 2.75) is 44.4 Å². The Bertz CT molecular complexity index is 1010. The van der Waals surface area contributed by atoms with Crippen LogP contribution in [0.1, 0.15) is 31.9 Å². The molecule has 5 nitrogen and oxygen atoms in total. The number of halogens is 6. The first kappa shape index (κ1) is 23.9. The fraction of sp³-hybridized carbons (Fsp3) is 0.556. The lowest BCUT2D eigenvalue weighted by Gasteiger charge is -2.27. The first-order chi connectivity index (χ1) is 13.9. The number of nitrogens with zero attached hydrogens (tertiary/aromatic N) is 2. The zero-order valence-corrected chi connectivity index (χ0v) is 18.1. The summed E-state index contributed by atoms with van der Waals surface area (Å²) in [6.45, 7) is 4.67. The molecule has 0 radical (unpaired) electrons. The first-order valence-corrected chi connectivity index (χ1v) is 11.7. The van der Waals surface area contributed by atoms with Gasteiger partial charge in [0, 0.05) is 16.4 Å². The summed E-state index contributed by atoms with van der Waals surface area (Å²) in [5, 5.41) is -0.780. The minimum absolute atomic E-state index is 0.00723. The molecule has 2 fully saturated rings. The van der Waals surface area contributed by atoms with Crippen molar-refractivity contribution in [3.05, 3.63) is 29.3 Å². The van der Waals surface area contributed by atoms with Crippen molar-refractivity contribution in [1.82, 2.24) is 0 Å². The molecule has 0 N–H and O–H groups in total. The topological polar surface area (TPSA) is 66.8 Å². The van der Waals surface area contributed by atoms with Gasteiger partial charge in [-0.25, -0.2) is 8.42 Å². The second-order valence-electron chi connectivity index (χ2n) is 8.38. The minimum Gasteiger partial charge on any atom is -0.316 e. The van der Waals surface area contributed by atoms with Gasteiger partial charge in [0.2, 0.25) is 0 Å². The minimum atomic E-state index is -5.07. The second kappa shape index (κ2) is 7.39. The van der Waals surface area contributed by atoms with Crippen LogP contribution in [0.5, 0.6) is 0 Å². The van der Waals surface area contributed by atoms with E-state index in [1.54, 1.807) is 20.8 Å². The standard InChI is InChI=1S/C18H18F6N2O3S2/c1-16(2,3)14(27)25-15-26(12-7-31(28,29)8-13(12)30-15)11-5-9(17(19,20)21)4-10(6-11)18(22,23)24/h4-6,12-13H,7-8H2,1-3H3/t12-,13+/m1/s1. The number of fused-ring (bicyclic) bond motifs is 1. The molecule has 0 unspecified atom stereocenters. The smallest absolute Gasteiger partial charge is 0.316 e. The highest BCUT2D eigenvalue weighted by Crippen LogP contribution is 2.44. The summed E-state index contributed by atoms with van der Waals surface area (Å²) in [6, 6.07) is 0.0821. The SMILES string of the molecule is CC(C)(C)C(=O)N=C1S[C@H]2CS(=O)(=O)C[C@H]2N1c1cc(C(F)(F)F)cc(C(F)(F)F)c1. The molecule has 0 bridgehead atoms. The highest BCUT2D eigenvalue weighted by Gasteiger charge is 2.50. The van der Waals surface area contributed by atoms with E-state index in [9.17, 15) is 39.6 Å². The lowest BCUT2D eigenvalue weighted by Crippen LogP contribution is -2.38. The van der Waals surface area contributed by atoms with E-state index in [4.69, 9.17) is 0 Å². The summed E-state index contributed by atoms with van der Waals surface area (Å²) in [6.07, 6.45) is -10.1. The number of carbonyl (C=O) groups excluding carboxylic acids is 1. The van der Waals surface area contributed by atoms with Gasteiger partial charge in [-0.3, -0.25) is 4.79 Å². The monoisotopic (exact) mass is 488 g/mol. The quantitative estimate of drug-likeness (QED) is 0.550. The molecule has 0 aliphatic carbocycles. The number of alkyl halides is 6. The predicted molar refractivity (Wildman–Crippen MR) is 105 cm³/mol. The van der Waals surface area contributed by atoms with Crippen LogP contribution in [0.2, 0.25) is 0 Å². The molecule has 2 saturated heterocycles. The Kier molecular flexibility index (Phi) is 5.70. The summed E-state index contributed by atoms with van der Waals surface area (Å²) in [7, 11) is -3.55. The molecule has 172 valence electrons. The van der Waals surface area contributed by atoms with Gasteiger partial charge in [0.05, 0.1) is 28.7 Å². The fourth-order valence-corrected chi connectivity index (χ4v) is 7.11. The van der Waals surface area contributed by atoms with E-state index in [1.165, 1.54) is 0 Å². The number of amides is 1. The van der Waals surface area contributed by atoms with E-state index < -0.39 is 67.4 Å². The number of sulfone groups is 1. The third kappa shape index (κ3) is 5.02. The lowest BCUT2D eigenvalue weighted by atomic mass is 9.96. The summed E-state index contributed by atoms with van der Waals surface area (Å²) >= 11 is 0.871. The van der Waals surface area contributed by atoms with Crippen LogP contribution in [0.25, 0.3) is 0 Å². The Morgan fingerprint density at radius 2 is 1.52 bits per heavy atom. The summed E-state index contributed by atoms with van der Waals surface area (Å²) in [5.41, 5.74) is -4.53. The Morgan fingerprint density at radius 3 is 1.97 bits per heavy atom. The largest absolute Gasteiger partial charge is 0.416 e. The zero-order chi connectivity index (χ0) is 23.6.